The van der Waals surface area contributed by atoms with Crippen LogP contribution in [0.3, 0.4) is 0 Å². The van der Waals surface area contributed by atoms with Gasteiger partial charge in [0.05, 0.1) is 6.61 Å². The molecule has 1 aliphatic heterocycles. The van der Waals surface area contributed by atoms with Crippen molar-refractivity contribution >= 4 is 5.91 Å². The summed E-state index contributed by atoms with van der Waals surface area (Å²) in [6.07, 6.45) is 1.87. The van der Waals surface area contributed by atoms with Crippen LogP contribution in [0.25, 0.3) is 0 Å². The molecule has 0 unspecified atom stereocenters. The van der Waals surface area contributed by atoms with Gasteiger partial charge in [-0.2, -0.15) is 0 Å². The number of phenols is 2. The molecule has 2 aromatic rings. The van der Waals surface area contributed by atoms with Gasteiger partial charge in [-0.05, 0) is 44.0 Å². The Bertz CT molecular complexity index is 722. The quantitative estimate of drug-likeness (QED) is 0.895. The summed E-state index contributed by atoms with van der Waals surface area (Å²) in [7, 11) is 0. The number of piperidine rings is 1. The van der Waals surface area contributed by atoms with Gasteiger partial charge in [-0.15, -0.1) is 0 Å². The number of nitrogens with zero attached hydrogens (tertiary/aromatic N) is 1. The van der Waals surface area contributed by atoms with Crippen LogP contribution in [-0.2, 0) is 0 Å². The Hall–Kier alpha value is -2.69. The fourth-order valence-corrected chi connectivity index (χ4v) is 3.14. The number of phenolic OH excluding ortho intramolecular Hbond substituents is 2. The van der Waals surface area contributed by atoms with Crippen LogP contribution in [0.15, 0.2) is 42.5 Å². The molecular weight excluding hydrogens is 318 g/mol. The van der Waals surface area contributed by atoms with Crippen LogP contribution in [0.5, 0.6) is 17.2 Å². The second-order valence-electron chi connectivity index (χ2n) is 6.55. The SMILES string of the molecule is Cc1ccc(OC[C@H]2CCCN(C(=O)c3c(O)cccc3O)C2)cc1. The van der Waals surface area contributed by atoms with E-state index in [2.05, 4.69) is 0 Å². The van der Waals surface area contributed by atoms with Gasteiger partial charge in [0.1, 0.15) is 22.8 Å². The van der Waals surface area contributed by atoms with Crippen molar-refractivity contribution in [2.75, 3.05) is 19.7 Å². The molecule has 0 radical (unpaired) electrons. The maximum atomic E-state index is 12.7. The number of hydrogen-bond donors (Lipinski definition) is 2. The number of rotatable bonds is 4. The predicted octanol–water partition coefficient (Wildman–Crippen LogP) is 3.34. The standard InChI is InChI=1S/C20H23NO4/c1-14-7-9-16(10-8-14)25-13-15-4-3-11-21(12-15)20(24)19-17(22)5-2-6-18(19)23/h2,5-10,15,22-23H,3-4,11-13H2,1H3/t15-/m0/s1. The molecule has 132 valence electrons. The fourth-order valence-electron chi connectivity index (χ4n) is 3.14. The first-order valence-corrected chi connectivity index (χ1v) is 8.54. The number of hydrogen-bond acceptors (Lipinski definition) is 4. The molecule has 0 spiro atoms. The molecule has 3 rings (SSSR count). The molecule has 2 aromatic carbocycles. The zero-order chi connectivity index (χ0) is 17.8. The van der Waals surface area contributed by atoms with Crippen molar-refractivity contribution in [1.82, 2.24) is 4.90 Å². The molecule has 1 aliphatic rings. The van der Waals surface area contributed by atoms with E-state index in [4.69, 9.17) is 4.74 Å². The average molecular weight is 341 g/mol. The number of likely N-dealkylation sites (tertiary alicyclic amines) is 1. The Morgan fingerprint density at radius 3 is 2.52 bits per heavy atom. The lowest BCUT2D eigenvalue weighted by atomic mass is 9.98. The van der Waals surface area contributed by atoms with Gasteiger partial charge in [-0.1, -0.05) is 23.8 Å². The highest BCUT2D eigenvalue weighted by molar-refractivity contribution is 5.99. The van der Waals surface area contributed by atoms with Crippen molar-refractivity contribution in [1.29, 1.82) is 0 Å². The number of aryl methyl sites for hydroxylation is 1. The average Bonchev–Trinajstić information content (AvgIpc) is 2.61. The smallest absolute Gasteiger partial charge is 0.261 e. The van der Waals surface area contributed by atoms with Crippen LogP contribution in [-0.4, -0.2) is 40.7 Å². The molecule has 2 N–H and O–H groups in total. The van der Waals surface area contributed by atoms with E-state index in [-0.39, 0.29) is 28.9 Å². The van der Waals surface area contributed by atoms with Gasteiger partial charge in [-0.3, -0.25) is 4.79 Å². The Morgan fingerprint density at radius 1 is 1.16 bits per heavy atom. The lowest BCUT2D eigenvalue weighted by Gasteiger charge is -2.33. The van der Waals surface area contributed by atoms with Crippen molar-refractivity contribution in [3.63, 3.8) is 0 Å². The molecule has 1 atom stereocenters. The highest BCUT2D eigenvalue weighted by Gasteiger charge is 2.28. The second kappa shape index (κ2) is 7.47. The topological polar surface area (TPSA) is 70.0 Å². The zero-order valence-corrected chi connectivity index (χ0v) is 14.3. The molecule has 1 heterocycles. The molecule has 1 amide bonds. The minimum absolute atomic E-state index is 0.0254. The Morgan fingerprint density at radius 2 is 1.84 bits per heavy atom. The second-order valence-corrected chi connectivity index (χ2v) is 6.55. The number of amides is 1. The van der Waals surface area contributed by atoms with Crippen molar-refractivity contribution in [3.8, 4) is 17.2 Å². The van der Waals surface area contributed by atoms with Crippen molar-refractivity contribution in [2.24, 2.45) is 5.92 Å². The Kier molecular flexibility index (Phi) is 5.12. The summed E-state index contributed by atoms with van der Waals surface area (Å²) in [5, 5.41) is 19.8. The predicted molar refractivity (Wildman–Crippen MR) is 95.1 cm³/mol. The van der Waals surface area contributed by atoms with Gasteiger partial charge >= 0.3 is 0 Å². The third kappa shape index (κ3) is 4.05. The van der Waals surface area contributed by atoms with E-state index in [0.717, 1.165) is 18.6 Å². The van der Waals surface area contributed by atoms with Crippen LogP contribution in [0.1, 0.15) is 28.8 Å². The third-order valence-electron chi connectivity index (χ3n) is 4.55. The maximum Gasteiger partial charge on any atom is 0.261 e. The first-order chi connectivity index (χ1) is 12.0. The van der Waals surface area contributed by atoms with E-state index in [1.54, 1.807) is 4.90 Å². The molecule has 0 saturated carbocycles. The Labute approximate surface area is 147 Å². The van der Waals surface area contributed by atoms with Gasteiger partial charge in [0, 0.05) is 19.0 Å². The van der Waals surface area contributed by atoms with Crippen LogP contribution in [0.2, 0.25) is 0 Å². The van der Waals surface area contributed by atoms with Gasteiger partial charge in [0.2, 0.25) is 0 Å². The van der Waals surface area contributed by atoms with Gasteiger partial charge in [0.15, 0.2) is 0 Å². The highest BCUT2D eigenvalue weighted by atomic mass is 16.5. The molecule has 1 fully saturated rings. The van der Waals surface area contributed by atoms with Gasteiger partial charge < -0.3 is 19.8 Å². The summed E-state index contributed by atoms with van der Waals surface area (Å²) in [5.74, 6) is 0.334. The van der Waals surface area contributed by atoms with Gasteiger partial charge in [-0.25, -0.2) is 0 Å². The number of benzene rings is 2. The number of ether oxygens (including phenoxy) is 1. The molecule has 0 aromatic heterocycles. The van der Waals surface area contributed by atoms with Crippen LogP contribution in [0, 0.1) is 12.8 Å². The summed E-state index contributed by atoms with van der Waals surface area (Å²) < 4.78 is 5.84. The molecule has 0 aliphatic carbocycles. The van der Waals surface area contributed by atoms with Crippen molar-refractivity contribution in [2.45, 2.75) is 19.8 Å². The number of carbonyl (C=O) groups excluding carboxylic acids is 1. The summed E-state index contributed by atoms with van der Waals surface area (Å²) in [4.78, 5) is 14.3. The van der Waals surface area contributed by atoms with Gasteiger partial charge in [0.25, 0.3) is 5.91 Å². The molecule has 0 bridgehead atoms. The van der Waals surface area contributed by atoms with Crippen molar-refractivity contribution < 1.29 is 19.7 Å². The zero-order valence-electron chi connectivity index (χ0n) is 14.3. The van der Waals surface area contributed by atoms with Crippen LogP contribution < -0.4 is 4.74 Å². The maximum absolute atomic E-state index is 12.7. The Balaban J connectivity index is 1.62. The van der Waals surface area contributed by atoms with Crippen LogP contribution in [0.4, 0.5) is 0 Å². The summed E-state index contributed by atoms with van der Waals surface area (Å²) in [6.45, 7) is 3.74. The summed E-state index contributed by atoms with van der Waals surface area (Å²) >= 11 is 0. The molecule has 25 heavy (non-hydrogen) atoms. The first kappa shape index (κ1) is 17.1. The molecule has 5 heteroatoms. The summed E-state index contributed by atoms with van der Waals surface area (Å²) in [5.41, 5.74) is 1.16. The highest BCUT2D eigenvalue weighted by Crippen LogP contribution is 2.29. The third-order valence-corrected chi connectivity index (χ3v) is 4.55. The minimum Gasteiger partial charge on any atom is -0.507 e. The first-order valence-electron chi connectivity index (χ1n) is 8.54. The monoisotopic (exact) mass is 341 g/mol. The van der Waals surface area contributed by atoms with E-state index in [0.29, 0.717) is 19.7 Å². The lowest BCUT2D eigenvalue weighted by molar-refractivity contribution is 0.0627. The molecular formula is C20H23NO4. The number of carbonyl (C=O) groups is 1. The summed E-state index contributed by atoms with van der Waals surface area (Å²) in [6, 6.07) is 12.2. The van der Waals surface area contributed by atoms with Crippen LogP contribution >= 0.6 is 0 Å². The number of aromatic hydroxyl groups is 2. The van der Waals surface area contributed by atoms with E-state index in [1.165, 1.54) is 23.8 Å². The van der Waals surface area contributed by atoms with E-state index in [1.807, 2.05) is 31.2 Å². The van der Waals surface area contributed by atoms with E-state index in [9.17, 15) is 15.0 Å². The van der Waals surface area contributed by atoms with Crippen molar-refractivity contribution in [3.05, 3.63) is 53.6 Å². The normalized spacial score (nSPS) is 17.3. The minimum atomic E-state index is -0.337. The van der Waals surface area contributed by atoms with E-state index >= 15 is 0 Å². The lowest BCUT2D eigenvalue weighted by Crippen LogP contribution is -2.41. The van der Waals surface area contributed by atoms with E-state index < -0.39 is 0 Å². The molecule has 1 saturated heterocycles. The largest absolute Gasteiger partial charge is 0.507 e. The molecule has 5 nitrogen and oxygen atoms in total. The fraction of sp³-hybridized carbons (Fsp3) is 0.350.